The van der Waals surface area contributed by atoms with Crippen LogP contribution in [0.25, 0.3) is 0 Å². The van der Waals surface area contributed by atoms with E-state index in [0.29, 0.717) is 18.5 Å². The van der Waals surface area contributed by atoms with Crippen LogP contribution in [0.5, 0.6) is 0 Å². The molecule has 110 valence electrons. The monoisotopic (exact) mass is 272 g/mol. The lowest BCUT2D eigenvalue weighted by Gasteiger charge is -2.37. The maximum absolute atomic E-state index is 11.9. The second-order valence-electron chi connectivity index (χ2n) is 4.83. The molecule has 0 bridgehead atoms. The Morgan fingerprint density at radius 1 is 1.47 bits per heavy atom. The van der Waals surface area contributed by atoms with Crippen LogP contribution >= 0.6 is 0 Å². The maximum atomic E-state index is 11.9. The highest BCUT2D eigenvalue weighted by Gasteiger charge is 2.30. The number of carbonyl (C=O) groups excluding carboxylic acids is 1. The Hall–Kier alpha value is -1.14. The molecule has 6 heteroatoms. The molecular weight excluding hydrogens is 248 g/mol. The molecule has 2 rings (SSSR count). The van der Waals surface area contributed by atoms with E-state index < -0.39 is 0 Å². The number of carboxylic acid groups (broad SMARTS) is 1. The third-order valence-electron chi connectivity index (χ3n) is 3.55. The van der Waals surface area contributed by atoms with Crippen molar-refractivity contribution in [3.8, 4) is 0 Å². The van der Waals surface area contributed by atoms with Gasteiger partial charge in [0.2, 0.25) is 5.91 Å². The number of piperazine rings is 1. The third-order valence-corrected chi connectivity index (χ3v) is 3.55. The van der Waals surface area contributed by atoms with Gasteiger partial charge in [-0.2, -0.15) is 0 Å². The summed E-state index contributed by atoms with van der Waals surface area (Å²) in [5, 5.41) is 6.89. The van der Waals surface area contributed by atoms with Gasteiger partial charge in [-0.1, -0.05) is 13.3 Å². The van der Waals surface area contributed by atoms with Gasteiger partial charge in [0, 0.05) is 32.3 Å². The van der Waals surface area contributed by atoms with Crippen LogP contribution in [-0.4, -0.2) is 72.7 Å². The van der Waals surface area contributed by atoms with Gasteiger partial charge < -0.3 is 14.7 Å². The number of carbonyl (C=O) groups is 2. The first-order valence-electron chi connectivity index (χ1n) is 6.90. The molecule has 2 fully saturated rings. The molecular formula is C13H24N2O4. The van der Waals surface area contributed by atoms with E-state index in [1.165, 1.54) is 0 Å². The molecule has 0 spiro atoms. The minimum atomic E-state index is -0.250. The van der Waals surface area contributed by atoms with Gasteiger partial charge in [-0.3, -0.25) is 14.5 Å². The maximum Gasteiger partial charge on any atom is 0.290 e. The Morgan fingerprint density at radius 3 is 2.74 bits per heavy atom. The summed E-state index contributed by atoms with van der Waals surface area (Å²) < 4.78 is 5.37. The molecule has 0 aromatic carbocycles. The lowest BCUT2D eigenvalue weighted by atomic mass is 10.2. The Kier molecular flexibility index (Phi) is 7.43. The molecule has 0 saturated carbocycles. The van der Waals surface area contributed by atoms with E-state index in [0.717, 1.165) is 52.1 Å². The number of amides is 1. The topological polar surface area (TPSA) is 70.1 Å². The molecule has 1 atom stereocenters. The van der Waals surface area contributed by atoms with Crippen molar-refractivity contribution >= 4 is 12.4 Å². The molecule has 0 radical (unpaired) electrons. The smallest absolute Gasteiger partial charge is 0.290 e. The van der Waals surface area contributed by atoms with Crippen LogP contribution < -0.4 is 0 Å². The summed E-state index contributed by atoms with van der Waals surface area (Å²) in [6.45, 7) is 7.02. The van der Waals surface area contributed by atoms with Crippen molar-refractivity contribution in [2.45, 2.75) is 32.2 Å². The summed E-state index contributed by atoms with van der Waals surface area (Å²) in [7, 11) is 0. The zero-order chi connectivity index (χ0) is 14.1. The fraction of sp³-hybridized carbons (Fsp3) is 0.846. The molecule has 19 heavy (non-hydrogen) atoms. The van der Waals surface area contributed by atoms with Crippen LogP contribution in [0.4, 0.5) is 0 Å². The second kappa shape index (κ2) is 8.87. The fourth-order valence-corrected chi connectivity index (χ4v) is 2.43. The minimum absolute atomic E-state index is 0.250. The second-order valence-corrected chi connectivity index (χ2v) is 4.83. The van der Waals surface area contributed by atoms with Crippen LogP contribution in [0.1, 0.15) is 26.2 Å². The Labute approximate surface area is 114 Å². The number of nitrogens with zero attached hydrogens (tertiary/aromatic N) is 2. The van der Waals surface area contributed by atoms with E-state index in [2.05, 4.69) is 11.8 Å². The van der Waals surface area contributed by atoms with Gasteiger partial charge in [0.05, 0.1) is 13.2 Å². The lowest BCUT2D eigenvalue weighted by Crippen LogP contribution is -2.53. The molecule has 2 aliphatic rings. The normalized spacial score (nSPS) is 23.9. The van der Waals surface area contributed by atoms with Gasteiger partial charge in [-0.05, 0) is 12.8 Å². The summed E-state index contributed by atoms with van der Waals surface area (Å²) in [5.74, 6) is 0.298. The number of rotatable bonds is 4. The van der Waals surface area contributed by atoms with E-state index in [1.807, 2.05) is 4.90 Å². The van der Waals surface area contributed by atoms with E-state index in [1.54, 1.807) is 0 Å². The van der Waals surface area contributed by atoms with Crippen molar-refractivity contribution in [2.75, 3.05) is 39.4 Å². The molecule has 1 amide bonds. The molecule has 2 heterocycles. The summed E-state index contributed by atoms with van der Waals surface area (Å²) in [5.41, 5.74) is 0. The van der Waals surface area contributed by atoms with Crippen molar-refractivity contribution < 1.29 is 19.4 Å². The summed E-state index contributed by atoms with van der Waals surface area (Å²) >= 11 is 0. The first-order valence-corrected chi connectivity index (χ1v) is 6.90. The summed E-state index contributed by atoms with van der Waals surface area (Å²) in [4.78, 5) is 24.6. The number of hydrogen-bond donors (Lipinski definition) is 1. The number of ether oxygens (including phenoxy) is 1. The van der Waals surface area contributed by atoms with E-state index in [4.69, 9.17) is 14.6 Å². The summed E-state index contributed by atoms with van der Waals surface area (Å²) in [6.07, 6.45) is 3.37. The van der Waals surface area contributed by atoms with E-state index >= 15 is 0 Å². The fourth-order valence-electron chi connectivity index (χ4n) is 2.43. The lowest BCUT2D eigenvalue weighted by molar-refractivity contribution is -0.137. The number of unbranched alkanes of at least 4 members (excludes halogenated alkanes) is 1. The first kappa shape index (κ1) is 15.9. The largest absolute Gasteiger partial charge is 0.483 e. The van der Waals surface area contributed by atoms with Crippen molar-refractivity contribution in [1.82, 2.24) is 9.80 Å². The predicted molar refractivity (Wildman–Crippen MR) is 71.0 cm³/mol. The molecule has 1 N–H and O–H groups in total. The molecule has 0 aliphatic carbocycles. The average Bonchev–Trinajstić information content (AvgIpc) is 2.92. The highest BCUT2D eigenvalue weighted by Crippen LogP contribution is 2.15. The molecule has 2 saturated heterocycles. The number of hydrogen-bond acceptors (Lipinski definition) is 4. The molecule has 1 unspecified atom stereocenters. The molecule has 2 aliphatic heterocycles. The van der Waals surface area contributed by atoms with E-state index in [-0.39, 0.29) is 6.47 Å². The van der Waals surface area contributed by atoms with Crippen molar-refractivity contribution in [1.29, 1.82) is 0 Å². The van der Waals surface area contributed by atoms with Crippen LogP contribution in [0.3, 0.4) is 0 Å². The summed E-state index contributed by atoms with van der Waals surface area (Å²) in [6, 6.07) is 0.484. The van der Waals surface area contributed by atoms with Gasteiger partial charge in [0.1, 0.15) is 0 Å². The van der Waals surface area contributed by atoms with Gasteiger partial charge in [-0.25, -0.2) is 0 Å². The zero-order valence-corrected chi connectivity index (χ0v) is 11.6. The SMILES string of the molecule is CCCCN1CCN(C2CCOC2)CC1=O.O=CO. The van der Waals surface area contributed by atoms with Crippen molar-refractivity contribution in [3.05, 3.63) is 0 Å². The Balaban J connectivity index is 0.000000550. The highest BCUT2D eigenvalue weighted by molar-refractivity contribution is 5.79. The van der Waals surface area contributed by atoms with Crippen LogP contribution in [0.2, 0.25) is 0 Å². The van der Waals surface area contributed by atoms with Crippen LogP contribution in [-0.2, 0) is 14.3 Å². The first-order chi connectivity index (χ1) is 9.22. The van der Waals surface area contributed by atoms with Crippen molar-refractivity contribution in [3.63, 3.8) is 0 Å². The molecule has 0 aromatic rings. The minimum Gasteiger partial charge on any atom is -0.483 e. The molecule has 6 nitrogen and oxygen atoms in total. The van der Waals surface area contributed by atoms with Gasteiger partial charge in [-0.15, -0.1) is 0 Å². The van der Waals surface area contributed by atoms with Gasteiger partial charge in [0.25, 0.3) is 6.47 Å². The quantitative estimate of drug-likeness (QED) is 0.751. The van der Waals surface area contributed by atoms with Gasteiger partial charge >= 0.3 is 0 Å². The third kappa shape index (κ3) is 5.16. The average molecular weight is 272 g/mol. The Bertz CT molecular complexity index is 280. The van der Waals surface area contributed by atoms with Crippen LogP contribution in [0, 0.1) is 0 Å². The zero-order valence-electron chi connectivity index (χ0n) is 11.6. The molecule has 0 aromatic heterocycles. The predicted octanol–water partition coefficient (Wildman–Crippen LogP) is 0.420. The van der Waals surface area contributed by atoms with Crippen molar-refractivity contribution in [2.24, 2.45) is 0 Å². The standard InChI is InChI=1S/C12H22N2O2.CH2O2/c1-2-3-5-13-6-7-14(9-12(13)15)11-4-8-16-10-11;2-1-3/h11H,2-10H2,1H3;1H,(H,2,3). The Morgan fingerprint density at radius 2 is 2.21 bits per heavy atom. The van der Waals surface area contributed by atoms with E-state index in [9.17, 15) is 4.79 Å². The van der Waals surface area contributed by atoms with Gasteiger partial charge in [0.15, 0.2) is 0 Å². The van der Waals surface area contributed by atoms with Crippen LogP contribution in [0.15, 0.2) is 0 Å². The highest BCUT2D eigenvalue weighted by atomic mass is 16.5.